The molecule has 0 saturated heterocycles. The molecule has 1 aromatic rings. The van der Waals surface area contributed by atoms with E-state index in [2.05, 4.69) is 26.8 Å². The Morgan fingerprint density at radius 2 is 1.52 bits per heavy atom. The average Bonchev–Trinajstić information content (AvgIpc) is 2.48. The van der Waals surface area contributed by atoms with E-state index in [0.717, 1.165) is 29.7 Å². The molecule has 0 aromatic heterocycles. The Hall–Kier alpha value is -1.18. The zero-order chi connectivity index (χ0) is 16.4. The van der Waals surface area contributed by atoms with E-state index in [0.29, 0.717) is 0 Å². The molecule has 0 atom stereocenters. The first-order valence-corrected chi connectivity index (χ1v) is 9.40. The fraction of sp³-hybridized carbons (Fsp3) is 0.714. The van der Waals surface area contributed by atoms with Crippen LogP contribution in [0.2, 0.25) is 0 Å². The van der Waals surface area contributed by atoms with Crippen molar-refractivity contribution in [2.24, 2.45) is 17.8 Å². The lowest BCUT2D eigenvalue weighted by molar-refractivity contribution is -0.00535. The lowest BCUT2D eigenvalue weighted by atomic mass is 9.48. The van der Waals surface area contributed by atoms with Crippen molar-refractivity contribution >= 4 is 0 Å². The minimum atomic E-state index is -0.111. The molecule has 0 spiro atoms. The van der Waals surface area contributed by atoms with Gasteiger partial charge in [0, 0.05) is 5.56 Å². The number of phenols is 2. The Kier molecular flexibility index (Phi) is 3.28. The number of hydrogen-bond donors (Lipinski definition) is 2. The molecule has 4 aliphatic rings. The zero-order valence-corrected chi connectivity index (χ0v) is 14.7. The van der Waals surface area contributed by atoms with Gasteiger partial charge in [-0.15, -0.1) is 0 Å². The highest BCUT2D eigenvalue weighted by Gasteiger charge is 2.52. The standard InChI is InChI=1S/C21H30O2/c1-4-20(2,3)17-8-16(9-18(22)19(17)23)21-10-13-5-14(11-21)7-15(6-13)12-21/h8-9,13-15,22-23H,4-7,10-12H2,1-3H3. The fourth-order valence-corrected chi connectivity index (χ4v) is 6.10. The predicted molar refractivity (Wildman–Crippen MR) is 92.9 cm³/mol. The topological polar surface area (TPSA) is 40.5 Å². The van der Waals surface area contributed by atoms with Gasteiger partial charge in [-0.25, -0.2) is 0 Å². The van der Waals surface area contributed by atoms with Gasteiger partial charge >= 0.3 is 0 Å². The van der Waals surface area contributed by atoms with Gasteiger partial charge in [0.2, 0.25) is 0 Å². The van der Waals surface area contributed by atoms with E-state index in [9.17, 15) is 10.2 Å². The molecule has 4 fully saturated rings. The SMILES string of the molecule is CCC(C)(C)c1cc(C23CC4CC(CC(C4)C2)C3)cc(O)c1O. The molecule has 0 unspecified atom stereocenters. The Morgan fingerprint density at radius 1 is 1.00 bits per heavy atom. The summed E-state index contributed by atoms with van der Waals surface area (Å²) in [5, 5.41) is 20.8. The van der Waals surface area contributed by atoms with Crippen molar-refractivity contribution < 1.29 is 10.2 Å². The van der Waals surface area contributed by atoms with Gasteiger partial charge in [-0.2, -0.15) is 0 Å². The Balaban J connectivity index is 1.81. The molecule has 5 rings (SSSR count). The molecule has 4 saturated carbocycles. The molecule has 4 bridgehead atoms. The summed E-state index contributed by atoms with van der Waals surface area (Å²) >= 11 is 0. The van der Waals surface area contributed by atoms with Crippen molar-refractivity contribution in [3.63, 3.8) is 0 Å². The molecule has 0 heterocycles. The smallest absolute Gasteiger partial charge is 0.161 e. The summed E-state index contributed by atoms with van der Waals surface area (Å²) in [4.78, 5) is 0. The van der Waals surface area contributed by atoms with Crippen LogP contribution in [0.25, 0.3) is 0 Å². The summed E-state index contributed by atoms with van der Waals surface area (Å²) in [5.74, 6) is 2.83. The molecule has 0 radical (unpaired) electrons. The molecule has 23 heavy (non-hydrogen) atoms. The van der Waals surface area contributed by atoms with Gasteiger partial charge in [-0.3, -0.25) is 0 Å². The van der Waals surface area contributed by atoms with Crippen LogP contribution in [-0.2, 0) is 10.8 Å². The van der Waals surface area contributed by atoms with Gasteiger partial charge in [0.05, 0.1) is 0 Å². The molecule has 2 heteroatoms. The molecule has 4 aliphatic carbocycles. The summed E-state index contributed by atoms with van der Waals surface area (Å²) in [7, 11) is 0. The van der Waals surface area contributed by atoms with Crippen LogP contribution < -0.4 is 0 Å². The first kappa shape index (κ1) is 15.4. The molecule has 0 aliphatic heterocycles. The summed E-state index contributed by atoms with van der Waals surface area (Å²) in [6, 6.07) is 4.10. The van der Waals surface area contributed by atoms with Crippen LogP contribution in [0.1, 0.15) is 76.8 Å². The van der Waals surface area contributed by atoms with E-state index in [-0.39, 0.29) is 22.3 Å². The molecule has 0 amide bonds. The van der Waals surface area contributed by atoms with Crippen LogP contribution in [0.15, 0.2) is 12.1 Å². The monoisotopic (exact) mass is 314 g/mol. The van der Waals surface area contributed by atoms with E-state index in [4.69, 9.17) is 0 Å². The highest BCUT2D eigenvalue weighted by atomic mass is 16.3. The first-order chi connectivity index (χ1) is 10.8. The van der Waals surface area contributed by atoms with E-state index in [1.54, 1.807) is 0 Å². The quantitative estimate of drug-likeness (QED) is 0.748. The number of benzene rings is 1. The number of phenolic OH excluding ortho intramolecular Hbond substituents is 2. The number of aromatic hydroxyl groups is 2. The van der Waals surface area contributed by atoms with Gasteiger partial charge in [-0.05, 0) is 85.2 Å². The van der Waals surface area contributed by atoms with E-state index >= 15 is 0 Å². The second-order valence-corrected chi connectivity index (χ2v) is 9.33. The normalized spacial score (nSPS) is 35.7. The van der Waals surface area contributed by atoms with Gasteiger partial charge in [0.1, 0.15) is 0 Å². The second kappa shape index (κ2) is 4.91. The summed E-state index contributed by atoms with van der Waals surface area (Å²) in [6.07, 6.45) is 9.09. The Morgan fingerprint density at radius 3 is 2.00 bits per heavy atom. The predicted octanol–water partition coefficient (Wildman–Crippen LogP) is 5.25. The first-order valence-electron chi connectivity index (χ1n) is 9.40. The van der Waals surface area contributed by atoms with Crippen molar-refractivity contribution in [1.82, 2.24) is 0 Å². The maximum Gasteiger partial charge on any atom is 0.161 e. The highest BCUT2D eigenvalue weighted by molar-refractivity contribution is 5.52. The second-order valence-electron chi connectivity index (χ2n) is 9.33. The lowest BCUT2D eigenvalue weighted by Gasteiger charge is -2.57. The number of hydrogen-bond acceptors (Lipinski definition) is 2. The fourth-order valence-electron chi connectivity index (χ4n) is 6.10. The van der Waals surface area contributed by atoms with Crippen molar-refractivity contribution in [3.8, 4) is 11.5 Å². The summed E-state index contributed by atoms with van der Waals surface area (Å²) in [6.45, 7) is 6.46. The highest BCUT2D eigenvalue weighted by Crippen LogP contribution is 2.61. The van der Waals surface area contributed by atoms with Crippen molar-refractivity contribution in [3.05, 3.63) is 23.3 Å². The number of rotatable bonds is 3. The maximum atomic E-state index is 10.4. The molecule has 2 nitrogen and oxygen atoms in total. The van der Waals surface area contributed by atoms with Gasteiger partial charge in [0.15, 0.2) is 11.5 Å². The van der Waals surface area contributed by atoms with Crippen LogP contribution in [0.4, 0.5) is 0 Å². The third kappa shape index (κ3) is 2.28. The van der Waals surface area contributed by atoms with E-state index < -0.39 is 0 Å². The molecule has 1 aromatic carbocycles. The third-order valence-electron chi connectivity index (χ3n) is 7.35. The minimum absolute atomic E-state index is 0.0785. The molecule has 2 N–H and O–H groups in total. The third-order valence-corrected chi connectivity index (χ3v) is 7.35. The van der Waals surface area contributed by atoms with Crippen LogP contribution in [0.5, 0.6) is 11.5 Å². The van der Waals surface area contributed by atoms with Crippen molar-refractivity contribution in [2.75, 3.05) is 0 Å². The largest absolute Gasteiger partial charge is 0.504 e. The summed E-state index contributed by atoms with van der Waals surface area (Å²) < 4.78 is 0. The molecule has 126 valence electrons. The van der Waals surface area contributed by atoms with E-state index in [1.807, 2.05) is 6.07 Å². The minimum Gasteiger partial charge on any atom is -0.504 e. The van der Waals surface area contributed by atoms with Crippen LogP contribution in [0, 0.1) is 17.8 Å². The molecular weight excluding hydrogens is 284 g/mol. The van der Waals surface area contributed by atoms with Crippen molar-refractivity contribution in [1.29, 1.82) is 0 Å². The van der Waals surface area contributed by atoms with Crippen LogP contribution in [0.3, 0.4) is 0 Å². The van der Waals surface area contributed by atoms with Crippen molar-refractivity contribution in [2.45, 2.75) is 76.5 Å². The van der Waals surface area contributed by atoms with Gasteiger partial charge in [-0.1, -0.05) is 26.8 Å². The molecular formula is C21H30O2. The van der Waals surface area contributed by atoms with Gasteiger partial charge < -0.3 is 10.2 Å². The summed E-state index contributed by atoms with van der Waals surface area (Å²) in [5.41, 5.74) is 2.37. The van der Waals surface area contributed by atoms with Crippen LogP contribution in [-0.4, -0.2) is 10.2 Å². The van der Waals surface area contributed by atoms with Crippen LogP contribution >= 0.6 is 0 Å². The van der Waals surface area contributed by atoms with E-state index in [1.165, 1.54) is 44.1 Å². The zero-order valence-electron chi connectivity index (χ0n) is 14.7. The average molecular weight is 314 g/mol. The maximum absolute atomic E-state index is 10.4. The Bertz CT molecular complexity index is 594. The lowest BCUT2D eigenvalue weighted by Crippen LogP contribution is -2.48. The Labute approximate surface area is 139 Å². The van der Waals surface area contributed by atoms with Gasteiger partial charge in [0.25, 0.3) is 0 Å².